The first-order chi connectivity index (χ1) is 4.86. The normalized spacial score (nSPS) is 38.2. The van der Waals surface area contributed by atoms with Gasteiger partial charge in [-0.2, -0.15) is 0 Å². The third-order valence-electron chi connectivity index (χ3n) is 2.37. The molecular formula is C7H13N3. The van der Waals surface area contributed by atoms with E-state index in [0.29, 0.717) is 18.0 Å². The number of rotatable bonds is 0. The fourth-order valence-corrected chi connectivity index (χ4v) is 1.84. The van der Waals surface area contributed by atoms with Gasteiger partial charge in [-0.3, -0.25) is 0 Å². The molecule has 0 spiro atoms. The van der Waals surface area contributed by atoms with Crippen molar-refractivity contribution in [1.82, 2.24) is 5.32 Å². The van der Waals surface area contributed by atoms with Crippen LogP contribution in [0.2, 0.25) is 0 Å². The van der Waals surface area contributed by atoms with Gasteiger partial charge in [-0.15, -0.1) is 0 Å². The molecule has 2 rings (SSSR count). The fourth-order valence-electron chi connectivity index (χ4n) is 1.84. The van der Waals surface area contributed by atoms with Gasteiger partial charge in [0.25, 0.3) is 0 Å². The topological polar surface area (TPSA) is 50.4 Å². The molecule has 0 amide bonds. The molecule has 1 fully saturated rings. The molecule has 0 bridgehead atoms. The highest BCUT2D eigenvalue weighted by atomic mass is 15.2. The lowest BCUT2D eigenvalue weighted by atomic mass is 9.92. The van der Waals surface area contributed by atoms with E-state index in [1.807, 2.05) is 0 Å². The molecule has 2 aliphatic rings. The summed E-state index contributed by atoms with van der Waals surface area (Å²) < 4.78 is 0. The number of guanidine groups is 1. The van der Waals surface area contributed by atoms with Crippen molar-refractivity contribution < 1.29 is 0 Å². The summed E-state index contributed by atoms with van der Waals surface area (Å²) in [4.78, 5) is 4.29. The SMILES string of the molecule is NC1=NC2CCCCC2N1. The predicted molar refractivity (Wildman–Crippen MR) is 40.8 cm³/mol. The number of nitrogens with zero attached hydrogens (tertiary/aromatic N) is 1. The Morgan fingerprint density at radius 3 is 3.00 bits per heavy atom. The summed E-state index contributed by atoms with van der Waals surface area (Å²) in [5.41, 5.74) is 5.53. The Bertz CT molecular complexity index is 164. The smallest absolute Gasteiger partial charge is 0.189 e. The summed E-state index contributed by atoms with van der Waals surface area (Å²) in [5.74, 6) is 0.650. The Morgan fingerprint density at radius 2 is 2.20 bits per heavy atom. The maximum atomic E-state index is 5.53. The van der Waals surface area contributed by atoms with E-state index in [1.165, 1.54) is 25.7 Å². The van der Waals surface area contributed by atoms with Crippen LogP contribution in [0.15, 0.2) is 4.99 Å². The summed E-state index contributed by atoms with van der Waals surface area (Å²) >= 11 is 0. The minimum absolute atomic E-state index is 0.494. The molecule has 3 N–H and O–H groups in total. The van der Waals surface area contributed by atoms with E-state index < -0.39 is 0 Å². The van der Waals surface area contributed by atoms with Crippen LogP contribution in [0.25, 0.3) is 0 Å². The molecule has 2 unspecified atom stereocenters. The Hall–Kier alpha value is -0.730. The van der Waals surface area contributed by atoms with E-state index in [1.54, 1.807) is 0 Å². The lowest BCUT2D eigenvalue weighted by Gasteiger charge is -2.22. The summed E-state index contributed by atoms with van der Waals surface area (Å²) in [6, 6.07) is 1.06. The van der Waals surface area contributed by atoms with Gasteiger partial charge in [0.2, 0.25) is 0 Å². The second kappa shape index (κ2) is 2.15. The molecule has 1 aliphatic heterocycles. The van der Waals surface area contributed by atoms with Crippen molar-refractivity contribution in [1.29, 1.82) is 0 Å². The van der Waals surface area contributed by atoms with Crippen molar-refractivity contribution in [2.24, 2.45) is 10.7 Å². The van der Waals surface area contributed by atoms with E-state index >= 15 is 0 Å². The fraction of sp³-hybridized carbons (Fsp3) is 0.857. The number of nitrogens with two attached hydrogens (primary N) is 1. The minimum Gasteiger partial charge on any atom is -0.370 e. The number of fused-ring (bicyclic) bond motifs is 1. The highest BCUT2D eigenvalue weighted by molar-refractivity contribution is 5.80. The van der Waals surface area contributed by atoms with Gasteiger partial charge in [0.05, 0.1) is 12.1 Å². The molecule has 3 nitrogen and oxygen atoms in total. The summed E-state index contributed by atoms with van der Waals surface area (Å²) in [7, 11) is 0. The van der Waals surface area contributed by atoms with E-state index in [2.05, 4.69) is 10.3 Å². The van der Waals surface area contributed by atoms with Gasteiger partial charge in [0, 0.05) is 0 Å². The first kappa shape index (κ1) is 6.01. The quantitative estimate of drug-likeness (QED) is 0.504. The van der Waals surface area contributed by atoms with Gasteiger partial charge in [-0.05, 0) is 12.8 Å². The highest BCUT2D eigenvalue weighted by Gasteiger charge is 2.29. The van der Waals surface area contributed by atoms with Crippen molar-refractivity contribution >= 4 is 5.96 Å². The van der Waals surface area contributed by atoms with Crippen molar-refractivity contribution in [2.45, 2.75) is 37.8 Å². The molecule has 0 saturated heterocycles. The van der Waals surface area contributed by atoms with E-state index in [-0.39, 0.29) is 0 Å². The van der Waals surface area contributed by atoms with Gasteiger partial charge in [0.1, 0.15) is 0 Å². The standard InChI is InChI=1S/C7H13N3/c8-7-9-5-3-1-2-4-6(5)10-7/h5-6H,1-4H2,(H3,8,9,10). The van der Waals surface area contributed by atoms with Crippen LogP contribution in [-0.2, 0) is 0 Å². The largest absolute Gasteiger partial charge is 0.370 e. The zero-order valence-corrected chi connectivity index (χ0v) is 6.01. The van der Waals surface area contributed by atoms with Crippen LogP contribution in [0.5, 0.6) is 0 Å². The first-order valence-corrected chi connectivity index (χ1v) is 3.96. The molecule has 0 aromatic rings. The third-order valence-corrected chi connectivity index (χ3v) is 2.37. The molecule has 2 atom stereocenters. The summed E-state index contributed by atoms with van der Waals surface area (Å²) in [6.07, 6.45) is 5.11. The Morgan fingerprint density at radius 1 is 1.40 bits per heavy atom. The molecular weight excluding hydrogens is 126 g/mol. The van der Waals surface area contributed by atoms with E-state index in [4.69, 9.17) is 5.73 Å². The Kier molecular flexibility index (Phi) is 1.29. The van der Waals surface area contributed by atoms with Crippen LogP contribution in [-0.4, -0.2) is 18.0 Å². The lowest BCUT2D eigenvalue weighted by Crippen LogP contribution is -2.39. The van der Waals surface area contributed by atoms with Gasteiger partial charge in [-0.25, -0.2) is 4.99 Å². The van der Waals surface area contributed by atoms with Crippen LogP contribution in [0.3, 0.4) is 0 Å². The zero-order valence-electron chi connectivity index (χ0n) is 6.01. The Balaban J connectivity index is 2.06. The third kappa shape index (κ3) is 0.856. The molecule has 10 heavy (non-hydrogen) atoms. The highest BCUT2D eigenvalue weighted by Crippen LogP contribution is 2.23. The van der Waals surface area contributed by atoms with E-state index in [9.17, 15) is 0 Å². The monoisotopic (exact) mass is 139 g/mol. The van der Waals surface area contributed by atoms with Gasteiger partial charge >= 0.3 is 0 Å². The van der Waals surface area contributed by atoms with Crippen molar-refractivity contribution in [2.75, 3.05) is 0 Å². The van der Waals surface area contributed by atoms with Crippen LogP contribution >= 0.6 is 0 Å². The van der Waals surface area contributed by atoms with Gasteiger partial charge in [0.15, 0.2) is 5.96 Å². The molecule has 3 heteroatoms. The van der Waals surface area contributed by atoms with E-state index in [0.717, 1.165) is 0 Å². The maximum Gasteiger partial charge on any atom is 0.189 e. The molecule has 0 radical (unpaired) electrons. The molecule has 1 aliphatic carbocycles. The predicted octanol–water partition coefficient (Wildman–Crippen LogP) is 0.215. The minimum atomic E-state index is 0.494. The molecule has 1 saturated carbocycles. The van der Waals surface area contributed by atoms with Crippen LogP contribution in [0.1, 0.15) is 25.7 Å². The van der Waals surface area contributed by atoms with Gasteiger partial charge in [-0.1, -0.05) is 12.8 Å². The summed E-state index contributed by atoms with van der Waals surface area (Å²) in [5, 5.41) is 3.18. The molecule has 0 aromatic heterocycles. The van der Waals surface area contributed by atoms with Gasteiger partial charge < -0.3 is 11.1 Å². The number of hydrogen-bond donors (Lipinski definition) is 2. The average molecular weight is 139 g/mol. The van der Waals surface area contributed by atoms with Crippen molar-refractivity contribution in [3.63, 3.8) is 0 Å². The molecule has 56 valence electrons. The van der Waals surface area contributed by atoms with Crippen LogP contribution in [0.4, 0.5) is 0 Å². The number of hydrogen-bond acceptors (Lipinski definition) is 3. The maximum absolute atomic E-state index is 5.53. The lowest BCUT2D eigenvalue weighted by molar-refractivity contribution is 0.384. The second-order valence-corrected chi connectivity index (χ2v) is 3.12. The van der Waals surface area contributed by atoms with Crippen molar-refractivity contribution in [3.05, 3.63) is 0 Å². The zero-order chi connectivity index (χ0) is 6.97. The molecule has 1 heterocycles. The van der Waals surface area contributed by atoms with Crippen LogP contribution in [0, 0.1) is 0 Å². The average Bonchev–Trinajstić information content (AvgIpc) is 2.27. The van der Waals surface area contributed by atoms with Crippen LogP contribution < -0.4 is 11.1 Å². The molecule has 0 aromatic carbocycles. The number of nitrogens with one attached hydrogen (secondary N) is 1. The number of aliphatic imine (C=N–C) groups is 1. The van der Waals surface area contributed by atoms with Crippen molar-refractivity contribution in [3.8, 4) is 0 Å². The second-order valence-electron chi connectivity index (χ2n) is 3.12. The Labute approximate surface area is 60.7 Å². The first-order valence-electron chi connectivity index (χ1n) is 3.96. The summed E-state index contributed by atoms with van der Waals surface area (Å²) in [6.45, 7) is 0.